The summed E-state index contributed by atoms with van der Waals surface area (Å²) in [5.41, 5.74) is 8.09. The van der Waals surface area contributed by atoms with Gasteiger partial charge in [0.15, 0.2) is 0 Å². The van der Waals surface area contributed by atoms with E-state index in [1.807, 2.05) is 28.0 Å². The van der Waals surface area contributed by atoms with Gasteiger partial charge in [0.05, 0.1) is 12.1 Å². The van der Waals surface area contributed by atoms with Crippen molar-refractivity contribution in [3.05, 3.63) is 29.8 Å². The molecule has 0 atom stereocenters. The molecular formula is C22H32N4O2. The van der Waals surface area contributed by atoms with Crippen molar-refractivity contribution in [2.45, 2.75) is 50.5 Å². The molecule has 6 nitrogen and oxygen atoms in total. The van der Waals surface area contributed by atoms with Crippen LogP contribution in [0.3, 0.4) is 0 Å². The van der Waals surface area contributed by atoms with E-state index >= 15 is 0 Å². The van der Waals surface area contributed by atoms with Crippen molar-refractivity contribution in [3.8, 4) is 0 Å². The van der Waals surface area contributed by atoms with Crippen molar-refractivity contribution in [3.63, 3.8) is 0 Å². The molecule has 1 aromatic rings. The lowest BCUT2D eigenvalue weighted by molar-refractivity contribution is -0.140. The standard InChI is InChI=1S/C22H32N4O2/c23-22(10-4-1-5-11-22)21(28)25-15-13-24(14-16-25)17-20(27)26-12-6-8-18-7-2-3-9-19(18)26/h2-3,7,9H,1,4-6,8,10-17,23H2. The summed E-state index contributed by atoms with van der Waals surface area (Å²) in [5.74, 6) is 0.276. The van der Waals surface area contributed by atoms with Gasteiger partial charge in [0.1, 0.15) is 0 Å². The van der Waals surface area contributed by atoms with Crippen LogP contribution in [0.5, 0.6) is 0 Å². The van der Waals surface area contributed by atoms with Crippen molar-refractivity contribution in [1.82, 2.24) is 9.80 Å². The zero-order chi connectivity index (χ0) is 19.6. The predicted octanol–water partition coefficient (Wildman–Crippen LogP) is 1.77. The lowest BCUT2D eigenvalue weighted by atomic mass is 9.81. The number of piperazine rings is 1. The number of fused-ring (bicyclic) bond motifs is 1. The number of carbonyl (C=O) groups is 2. The van der Waals surface area contributed by atoms with Gasteiger partial charge < -0.3 is 15.5 Å². The van der Waals surface area contributed by atoms with Gasteiger partial charge >= 0.3 is 0 Å². The summed E-state index contributed by atoms with van der Waals surface area (Å²) in [6.45, 7) is 4.03. The maximum Gasteiger partial charge on any atom is 0.242 e. The van der Waals surface area contributed by atoms with E-state index in [0.717, 1.165) is 63.8 Å². The second kappa shape index (κ2) is 8.21. The van der Waals surface area contributed by atoms with Crippen LogP contribution in [0.25, 0.3) is 0 Å². The van der Waals surface area contributed by atoms with Gasteiger partial charge in [-0.25, -0.2) is 0 Å². The molecule has 2 fully saturated rings. The van der Waals surface area contributed by atoms with Gasteiger partial charge in [-0.3, -0.25) is 14.5 Å². The fourth-order valence-electron chi connectivity index (χ4n) is 4.89. The molecule has 3 aliphatic rings. The van der Waals surface area contributed by atoms with Crippen LogP contribution in [0, 0.1) is 0 Å². The minimum atomic E-state index is -0.659. The highest BCUT2D eigenvalue weighted by Crippen LogP contribution is 2.29. The van der Waals surface area contributed by atoms with E-state index in [-0.39, 0.29) is 11.8 Å². The van der Waals surface area contributed by atoms with Gasteiger partial charge in [0.25, 0.3) is 0 Å². The highest BCUT2D eigenvalue weighted by molar-refractivity contribution is 5.96. The number of nitrogens with two attached hydrogens (primary N) is 1. The predicted molar refractivity (Wildman–Crippen MR) is 110 cm³/mol. The summed E-state index contributed by atoms with van der Waals surface area (Å²) in [4.78, 5) is 31.9. The molecule has 1 saturated heterocycles. The molecule has 28 heavy (non-hydrogen) atoms. The Hall–Kier alpha value is -1.92. The Balaban J connectivity index is 1.31. The number of benzene rings is 1. The number of hydrogen-bond donors (Lipinski definition) is 1. The number of rotatable bonds is 3. The Kier molecular flexibility index (Phi) is 5.69. The molecule has 4 rings (SSSR count). The molecule has 0 bridgehead atoms. The maximum absolute atomic E-state index is 12.9. The van der Waals surface area contributed by atoms with E-state index < -0.39 is 5.54 Å². The van der Waals surface area contributed by atoms with E-state index in [9.17, 15) is 9.59 Å². The van der Waals surface area contributed by atoms with Gasteiger partial charge in [0, 0.05) is 38.4 Å². The van der Waals surface area contributed by atoms with E-state index in [4.69, 9.17) is 5.73 Å². The van der Waals surface area contributed by atoms with Crippen molar-refractivity contribution < 1.29 is 9.59 Å². The van der Waals surface area contributed by atoms with Crippen LogP contribution in [-0.2, 0) is 16.0 Å². The van der Waals surface area contributed by atoms with E-state index in [2.05, 4.69) is 11.0 Å². The topological polar surface area (TPSA) is 69.9 Å². The highest BCUT2D eigenvalue weighted by atomic mass is 16.2. The van der Waals surface area contributed by atoms with Crippen LogP contribution in [0.4, 0.5) is 5.69 Å². The molecule has 152 valence electrons. The van der Waals surface area contributed by atoms with E-state index in [0.29, 0.717) is 19.6 Å². The molecule has 0 spiro atoms. The van der Waals surface area contributed by atoms with Crippen molar-refractivity contribution in [1.29, 1.82) is 0 Å². The lowest BCUT2D eigenvalue weighted by Gasteiger charge is -2.41. The Bertz CT molecular complexity index is 721. The van der Waals surface area contributed by atoms with Crippen LogP contribution < -0.4 is 10.6 Å². The smallest absolute Gasteiger partial charge is 0.242 e. The number of para-hydroxylation sites is 1. The summed E-state index contributed by atoms with van der Waals surface area (Å²) in [6, 6.07) is 8.21. The van der Waals surface area contributed by atoms with Crippen molar-refractivity contribution in [2.24, 2.45) is 5.73 Å². The van der Waals surface area contributed by atoms with E-state index in [1.165, 1.54) is 12.0 Å². The number of carbonyl (C=O) groups excluding carboxylic acids is 2. The SMILES string of the molecule is NC1(C(=O)N2CCN(CC(=O)N3CCCc4ccccc43)CC2)CCCCC1. The van der Waals surface area contributed by atoms with Gasteiger partial charge in [0.2, 0.25) is 11.8 Å². The number of amides is 2. The van der Waals surface area contributed by atoms with Gasteiger partial charge in [-0.15, -0.1) is 0 Å². The normalized spacial score (nSPS) is 22.6. The second-order valence-electron chi connectivity index (χ2n) is 8.56. The fraction of sp³-hybridized carbons (Fsp3) is 0.636. The zero-order valence-electron chi connectivity index (χ0n) is 16.7. The highest BCUT2D eigenvalue weighted by Gasteiger charge is 2.39. The molecule has 2 heterocycles. The first-order valence-corrected chi connectivity index (χ1v) is 10.8. The molecule has 1 saturated carbocycles. The first kappa shape index (κ1) is 19.4. The zero-order valence-corrected chi connectivity index (χ0v) is 16.7. The average molecular weight is 385 g/mol. The van der Waals surface area contributed by atoms with Gasteiger partial charge in [-0.1, -0.05) is 37.5 Å². The molecule has 1 aromatic carbocycles. The Morgan fingerprint density at radius 2 is 1.64 bits per heavy atom. The van der Waals surface area contributed by atoms with Gasteiger partial charge in [-0.05, 0) is 37.3 Å². The van der Waals surface area contributed by atoms with Crippen LogP contribution in [0.1, 0.15) is 44.1 Å². The average Bonchev–Trinajstić information content (AvgIpc) is 2.74. The molecule has 2 N–H and O–H groups in total. The number of aryl methyl sites for hydroxylation is 1. The fourth-order valence-corrected chi connectivity index (χ4v) is 4.89. The first-order valence-electron chi connectivity index (χ1n) is 10.8. The molecule has 0 aromatic heterocycles. The van der Waals surface area contributed by atoms with Crippen LogP contribution in [0.15, 0.2) is 24.3 Å². The number of nitrogens with zero attached hydrogens (tertiary/aromatic N) is 3. The summed E-state index contributed by atoms with van der Waals surface area (Å²) < 4.78 is 0. The number of anilines is 1. The van der Waals surface area contributed by atoms with Crippen LogP contribution >= 0.6 is 0 Å². The first-order chi connectivity index (χ1) is 13.6. The molecule has 2 amide bonds. The summed E-state index contributed by atoms with van der Waals surface area (Å²) >= 11 is 0. The Labute approximate surface area is 167 Å². The summed E-state index contributed by atoms with van der Waals surface area (Å²) in [6.07, 6.45) is 6.95. The summed E-state index contributed by atoms with van der Waals surface area (Å²) in [5, 5.41) is 0. The maximum atomic E-state index is 12.9. The second-order valence-corrected chi connectivity index (χ2v) is 8.56. The van der Waals surface area contributed by atoms with E-state index in [1.54, 1.807) is 0 Å². The van der Waals surface area contributed by atoms with Gasteiger partial charge in [-0.2, -0.15) is 0 Å². The number of hydrogen-bond acceptors (Lipinski definition) is 4. The van der Waals surface area contributed by atoms with Crippen LogP contribution in [0.2, 0.25) is 0 Å². The largest absolute Gasteiger partial charge is 0.339 e. The third kappa shape index (κ3) is 3.94. The van der Waals surface area contributed by atoms with Crippen LogP contribution in [-0.4, -0.2) is 66.4 Å². The molecule has 0 radical (unpaired) electrons. The Morgan fingerprint density at radius 1 is 0.929 bits per heavy atom. The molecule has 6 heteroatoms. The summed E-state index contributed by atoms with van der Waals surface area (Å²) in [7, 11) is 0. The minimum absolute atomic E-state index is 0.114. The molecule has 1 aliphatic carbocycles. The Morgan fingerprint density at radius 3 is 2.39 bits per heavy atom. The minimum Gasteiger partial charge on any atom is -0.339 e. The monoisotopic (exact) mass is 384 g/mol. The molecular weight excluding hydrogens is 352 g/mol. The third-order valence-electron chi connectivity index (χ3n) is 6.60. The van der Waals surface area contributed by atoms with Crippen molar-refractivity contribution in [2.75, 3.05) is 44.2 Å². The molecule has 0 unspecified atom stereocenters. The van der Waals surface area contributed by atoms with Crippen molar-refractivity contribution >= 4 is 17.5 Å². The lowest BCUT2D eigenvalue weighted by Crippen LogP contribution is -2.60. The quantitative estimate of drug-likeness (QED) is 0.862. The molecule has 2 aliphatic heterocycles. The third-order valence-corrected chi connectivity index (χ3v) is 6.60.